The van der Waals surface area contributed by atoms with Crippen LogP contribution in [0, 0.1) is 11.3 Å². The average Bonchev–Trinajstić information content (AvgIpc) is 2.40. The van der Waals surface area contributed by atoms with E-state index in [9.17, 15) is 4.79 Å². The monoisotopic (exact) mass is 245 g/mol. The van der Waals surface area contributed by atoms with Crippen molar-refractivity contribution in [3.63, 3.8) is 0 Å². The van der Waals surface area contributed by atoms with Crippen molar-refractivity contribution in [2.45, 2.75) is 45.1 Å². The van der Waals surface area contributed by atoms with E-state index in [1.165, 1.54) is 0 Å². The maximum absolute atomic E-state index is 11.7. The quantitative estimate of drug-likeness (QED) is 0.835. The minimum atomic E-state index is -0.748. The normalized spacial score (nSPS) is 13.4. The molecule has 0 aliphatic carbocycles. The molecule has 1 amide bonds. The van der Waals surface area contributed by atoms with Gasteiger partial charge in [-0.15, -0.1) is 0 Å². The van der Waals surface area contributed by atoms with Gasteiger partial charge in [-0.3, -0.25) is 9.78 Å². The van der Waals surface area contributed by atoms with Crippen LogP contribution in [-0.2, 0) is 11.2 Å². The van der Waals surface area contributed by atoms with Crippen molar-refractivity contribution in [2.24, 2.45) is 0 Å². The second kappa shape index (κ2) is 6.75. The summed E-state index contributed by atoms with van der Waals surface area (Å²) in [5.41, 5.74) is 0.242. The van der Waals surface area contributed by atoms with Crippen molar-refractivity contribution in [1.82, 2.24) is 10.3 Å². The molecule has 0 saturated heterocycles. The number of hydrogen-bond donors (Lipinski definition) is 1. The lowest BCUT2D eigenvalue weighted by molar-refractivity contribution is -0.122. The van der Waals surface area contributed by atoms with E-state index in [1.807, 2.05) is 25.1 Å². The molecule has 4 nitrogen and oxygen atoms in total. The molecule has 0 fully saturated rings. The van der Waals surface area contributed by atoms with Gasteiger partial charge in [-0.25, -0.2) is 0 Å². The first-order valence-corrected chi connectivity index (χ1v) is 6.22. The third-order valence-electron chi connectivity index (χ3n) is 2.93. The van der Waals surface area contributed by atoms with Crippen molar-refractivity contribution in [3.05, 3.63) is 30.1 Å². The van der Waals surface area contributed by atoms with E-state index >= 15 is 0 Å². The Morgan fingerprint density at radius 3 is 2.89 bits per heavy atom. The summed E-state index contributed by atoms with van der Waals surface area (Å²) in [6.07, 6.45) is 4.31. The van der Waals surface area contributed by atoms with Gasteiger partial charge in [0.2, 0.25) is 5.91 Å². The van der Waals surface area contributed by atoms with E-state index < -0.39 is 5.54 Å². The molecule has 0 aliphatic rings. The van der Waals surface area contributed by atoms with Gasteiger partial charge in [-0.1, -0.05) is 13.0 Å². The van der Waals surface area contributed by atoms with Crippen LogP contribution in [0.3, 0.4) is 0 Å². The number of aromatic nitrogens is 1. The lowest BCUT2D eigenvalue weighted by Gasteiger charge is -2.21. The highest BCUT2D eigenvalue weighted by atomic mass is 16.1. The number of nitrogens with one attached hydrogen (secondary N) is 1. The molecule has 1 atom stereocenters. The van der Waals surface area contributed by atoms with Crippen LogP contribution in [0.5, 0.6) is 0 Å². The zero-order valence-corrected chi connectivity index (χ0v) is 10.9. The fraction of sp³-hybridized carbons (Fsp3) is 0.500. The predicted octanol–water partition coefficient (Wildman–Crippen LogP) is 2.21. The molecule has 0 aromatic carbocycles. The van der Waals surface area contributed by atoms with Crippen LogP contribution in [-0.4, -0.2) is 16.4 Å². The van der Waals surface area contributed by atoms with Gasteiger partial charge >= 0.3 is 0 Å². The Kier molecular flexibility index (Phi) is 5.31. The highest BCUT2D eigenvalue weighted by Crippen LogP contribution is 2.08. The van der Waals surface area contributed by atoms with Gasteiger partial charge in [-0.05, 0) is 38.3 Å². The molecule has 0 aliphatic heterocycles. The number of rotatable bonds is 6. The molecular weight excluding hydrogens is 226 g/mol. The third-order valence-corrected chi connectivity index (χ3v) is 2.93. The summed E-state index contributed by atoms with van der Waals surface area (Å²) in [5, 5.41) is 11.7. The summed E-state index contributed by atoms with van der Waals surface area (Å²) < 4.78 is 0. The molecule has 1 heterocycles. The minimum absolute atomic E-state index is 0.0724. The molecule has 1 aromatic rings. The summed E-state index contributed by atoms with van der Waals surface area (Å²) in [5.74, 6) is -0.0724. The number of aryl methyl sites for hydroxylation is 1. The molecule has 96 valence electrons. The molecule has 0 unspecified atom stereocenters. The van der Waals surface area contributed by atoms with Crippen molar-refractivity contribution in [2.75, 3.05) is 0 Å². The predicted molar refractivity (Wildman–Crippen MR) is 69.6 cm³/mol. The third kappa shape index (κ3) is 4.54. The van der Waals surface area contributed by atoms with Crippen molar-refractivity contribution < 1.29 is 4.79 Å². The molecular formula is C14H19N3O. The average molecular weight is 245 g/mol. The topological polar surface area (TPSA) is 65.8 Å². The van der Waals surface area contributed by atoms with Crippen LogP contribution in [0.1, 0.15) is 38.8 Å². The second-order valence-electron chi connectivity index (χ2n) is 4.52. The Hall–Kier alpha value is -1.89. The van der Waals surface area contributed by atoms with E-state index in [-0.39, 0.29) is 5.91 Å². The standard InChI is InChI=1S/C14H19N3O/c1-3-14(2,11-15)17-13(18)9-6-8-12-7-4-5-10-16-12/h4-5,7,10H,3,6,8-9H2,1-2H3,(H,17,18)/t14-/m1/s1. The molecule has 0 bridgehead atoms. The first-order chi connectivity index (χ1) is 8.59. The number of nitriles is 1. The summed E-state index contributed by atoms with van der Waals surface area (Å²) in [6, 6.07) is 7.88. The summed E-state index contributed by atoms with van der Waals surface area (Å²) >= 11 is 0. The van der Waals surface area contributed by atoms with E-state index in [4.69, 9.17) is 5.26 Å². The summed E-state index contributed by atoms with van der Waals surface area (Å²) in [4.78, 5) is 15.9. The molecule has 1 N–H and O–H groups in total. The summed E-state index contributed by atoms with van der Waals surface area (Å²) in [6.45, 7) is 3.63. The number of pyridine rings is 1. The second-order valence-corrected chi connectivity index (χ2v) is 4.52. The van der Waals surface area contributed by atoms with Crippen LogP contribution < -0.4 is 5.32 Å². The van der Waals surface area contributed by atoms with Gasteiger partial charge in [-0.2, -0.15) is 5.26 Å². The first kappa shape index (κ1) is 14.2. The maximum atomic E-state index is 11.7. The van der Waals surface area contributed by atoms with Gasteiger partial charge in [0.15, 0.2) is 0 Å². The van der Waals surface area contributed by atoms with Gasteiger partial charge < -0.3 is 5.32 Å². The smallest absolute Gasteiger partial charge is 0.221 e. The van der Waals surface area contributed by atoms with E-state index in [1.54, 1.807) is 13.1 Å². The SMILES string of the molecule is CC[C@](C)(C#N)NC(=O)CCCc1ccccn1. The first-order valence-electron chi connectivity index (χ1n) is 6.22. The number of hydrogen-bond acceptors (Lipinski definition) is 3. The molecule has 1 aromatic heterocycles. The van der Waals surface area contributed by atoms with Crippen molar-refractivity contribution in [3.8, 4) is 6.07 Å². The van der Waals surface area contributed by atoms with Crippen LogP contribution in [0.15, 0.2) is 24.4 Å². The fourth-order valence-corrected chi connectivity index (χ4v) is 1.54. The number of nitrogens with zero attached hydrogens (tertiary/aromatic N) is 2. The lowest BCUT2D eigenvalue weighted by atomic mass is 10.0. The molecule has 18 heavy (non-hydrogen) atoms. The minimum Gasteiger partial charge on any atom is -0.338 e. The van der Waals surface area contributed by atoms with E-state index in [2.05, 4.69) is 16.4 Å². The lowest BCUT2D eigenvalue weighted by Crippen LogP contribution is -2.44. The van der Waals surface area contributed by atoms with Crippen molar-refractivity contribution in [1.29, 1.82) is 5.26 Å². The van der Waals surface area contributed by atoms with E-state index in [0.717, 1.165) is 18.5 Å². The largest absolute Gasteiger partial charge is 0.338 e. The van der Waals surface area contributed by atoms with Crippen LogP contribution in [0.25, 0.3) is 0 Å². The maximum Gasteiger partial charge on any atom is 0.221 e. The zero-order valence-electron chi connectivity index (χ0n) is 10.9. The van der Waals surface area contributed by atoms with Crippen molar-refractivity contribution >= 4 is 5.91 Å². The number of carbonyl (C=O) groups excluding carboxylic acids is 1. The summed E-state index contributed by atoms with van der Waals surface area (Å²) in [7, 11) is 0. The molecule has 0 spiro atoms. The fourth-order valence-electron chi connectivity index (χ4n) is 1.54. The highest BCUT2D eigenvalue weighted by molar-refractivity contribution is 5.77. The Labute approximate surface area is 108 Å². The van der Waals surface area contributed by atoms with Crippen LogP contribution in [0.2, 0.25) is 0 Å². The zero-order chi connectivity index (χ0) is 13.4. The van der Waals surface area contributed by atoms with Gasteiger partial charge in [0.25, 0.3) is 0 Å². The van der Waals surface area contributed by atoms with Gasteiger partial charge in [0.05, 0.1) is 6.07 Å². The van der Waals surface area contributed by atoms with Crippen LogP contribution >= 0.6 is 0 Å². The Morgan fingerprint density at radius 1 is 1.56 bits per heavy atom. The number of amides is 1. The molecule has 0 saturated carbocycles. The van der Waals surface area contributed by atoms with E-state index in [0.29, 0.717) is 12.8 Å². The van der Waals surface area contributed by atoms with Gasteiger partial charge in [0.1, 0.15) is 5.54 Å². The highest BCUT2D eigenvalue weighted by Gasteiger charge is 2.22. The molecule has 4 heteroatoms. The molecule has 1 rings (SSSR count). The molecule has 0 radical (unpaired) electrons. The Morgan fingerprint density at radius 2 is 2.33 bits per heavy atom. The number of carbonyl (C=O) groups is 1. The Bertz CT molecular complexity index is 424. The van der Waals surface area contributed by atoms with Gasteiger partial charge in [0, 0.05) is 18.3 Å². The van der Waals surface area contributed by atoms with Crippen LogP contribution in [0.4, 0.5) is 0 Å². The Balaban J connectivity index is 2.32.